The van der Waals surface area contributed by atoms with Gasteiger partial charge in [0, 0.05) is 48.3 Å². The lowest BCUT2D eigenvalue weighted by atomic mass is 9.90. The summed E-state index contributed by atoms with van der Waals surface area (Å²) in [4.78, 5) is 16.3. The van der Waals surface area contributed by atoms with Crippen molar-refractivity contribution < 1.29 is 4.79 Å². The van der Waals surface area contributed by atoms with E-state index in [4.69, 9.17) is 0 Å². The first-order chi connectivity index (χ1) is 11.2. The molecule has 0 aliphatic carbocycles. The lowest BCUT2D eigenvalue weighted by Crippen LogP contribution is -2.38. The highest BCUT2D eigenvalue weighted by Gasteiger charge is 2.26. The van der Waals surface area contributed by atoms with Gasteiger partial charge in [-0.05, 0) is 37.8 Å². The third-order valence-electron chi connectivity index (χ3n) is 4.42. The zero-order valence-corrected chi connectivity index (χ0v) is 14.6. The predicted molar refractivity (Wildman–Crippen MR) is 93.8 cm³/mol. The molecular weight excluding hydrogens is 306 g/mol. The summed E-state index contributed by atoms with van der Waals surface area (Å²) >= 11 is 1.70. The van der Waals surface area contributed by atoms with Crippen LogP contribution in [-0.2, 0) is 13.6 Å². The molecule has 122 valence electrons. The van der Waals surface area contributed by atoms with Gasteiger partial charge in [-0.2, -0.15) is 5.10 Å². The van der Waals surface area contributed by atoms with E-state index in [0.29, 0.717) is 0 Å². The van der Waals surface area contributed by atoms with Crippen molar-refractivity contribution in [2.24, 2.45) is 13.0 Å². The monoisotopic (exact) mass is 329 g/mol. The number of hydrogen-bond donors (Lipinski definition) is 0. The fraction of sp³-hybridized carbons (Fsp3) is 0.444. The standard InChI is InChI=1S/C18H23N3OS/c1-20-11-14(10-19-20)12-21-9-3-4-16(13-21)18(22)15-5-7-17(23-2)8-6-15/h5-8,10-11,16H,3-4,9,12-13H2,1-2H3/t16-/m0/s1. The van der Waals surface area contributed by atoms with E-state index in [0.717, 1.165) is 38.0 Å². The van der Waals surface area contributed by atoms with Crippen molar-refractivity contribution in [1.82, 2.24) is 14.7 Å². The van der Waals surface area contributed by atoms with Crippen LogP contribution in [0.2, 0.25) is 0 Å². The average molecular weight is 329 g/mol. The molecule has 1 aromatic carbocycles. The molecule has 1 fully saturated rings. The van der Waals surface area contributed by atoms with E-state index in [2.05, 4.69) is 10.00 Å². The molecule has 0 N–H and O–H groups in total. The van der Waals surface area contributed by atoms with E-state index < -0.39 is 0 Å². The Morgan fingerprint density at radius 3 is 2.78 bits per heavy atom. The molecule has 0 saturated carbocycles. The van der Waals surface area contributed by atoms with Crippen molar-refractivity contribution in [2.75, 3.05) is 19.3 Å². The van der Waals surface area contributed by atoms with E-state index >= 15 is 0 Å². The third kappa shape index (κ3) is 4.03. The summed E-state index contributed by atoms with van der Waals surface area (Å²) < 4.78 is 1.83. The van der Waals surface area contributed by atoms with Gasteiger partial charge in [-0.3, -0.25) is 14.4 Å². The van der Waals surface area contributed by atoms with Crippen molar-refractivity contribution in [3.63, 3.8) is 0 Å². The number of aromatic nitrogens is 2. The number of aryl methyl sites for hydroxylation is 1. The van der Waals surface area contributed by atoms with Gasteiger partial charge in [-0.1, -0.05) is 12.1 Å². The smallest absolute Gasteiger partial charge is 0.167 e. The number of rotatable bonds is 5. The van der Waals surface area contributed by atoms with Gasteiger partial charge in [-0.15, -0.1) is 11.8 Å². The van der Waals surface area contributed by atoms with Gasteiger partial charge in [0.05, 0.1) is 6.20 Å². The molecule has 1 aliphatic rings. The zero-order valence-electron chi connectivity index (χ0n) is 13.7. The Bertz CT molecular complexity index is 665. The lowest BCUT2D eigenvalue weighted by Gasteiger charge is -2.31. The van der Waals surface area contributed by atoms with Crippen molar-refractivity contribution in [3.8, 4) is 0 Å². The molecular formula is C18H23N3OS. The number of hydrogen-bond acceptors (Lipinski definition) is 4. The molecule has 3 rings (SSSR count). The second-order valence-corrected chi connectivity index (χ2v) is 7.07. The summed E-state index contributed by atoms with van der Waals surface area (Å²) in [5.41, 5.74) is 2.06. The molecule has 0 unspecified atom stereocenters. The van der Waals surface area contributed by atoms with E-state index in [9.17, 15) is 4.79 Å². The van der Waals surface area contributed by atoms with Crippen LogP contribution in [0.5, 0.6) is 0 Å². The van der Waals surface area contributed by atoms with E-state index in [-0.39, 0.29) is 11.7 Å². The average Bonchev–Trinajstić information content (AvgIpc) is 2.99. The molecule has 4 nitrogen and oxygen atoms in total. The predicted octanol–water partition coefficient (Wildman–Crippen LogP) is 3.24. The number of carbonyl (C=O) groups excluding carboxylic acids is 1. The fourth-order valence-electron chi connectivity index (χ4n) is 3.22. The summed E-state index contributed by atoms with van der Waals surface area (Å²) in [7, 11) is 1.93. The topological polar surface area (TPSA) is 38.1 Å². The summed E-state index contributed by atoms with van der Waals surface area (Å²) in [6.07, 6.45) is 8.08. The first-order valence-corrected chi connectivity index (χ1v) is 9.26. The second kappa shape index (κ2) is 7.32. The number of likely N-dealkylation sites (tertiary alicyclic amines) is 1. The number of Topliss-reactive ketones (excluding diaryl/α,β-unsaturated/α-hetero) is 1. The Hall–Kier alpha value is -1.59. The van der Waals surface area contributed by atoms with Crippen LogP contribution in [0.1, 0.15) is 28.8 Å². The molecule has 23 heavy (non-hydrogen) atoms. The Balaban J connectivity index is 1.63. The number of thioether (sulfide) groups is 1. The van der Waals surface area contributed by atoms with E-state index in [1.54, 1.807) is 11.8 Å². The molecule has 0 radical (unpaired) electrons. The Labute approximate surface area is 141 Å². The van der Waals surface area contributed by atoms with E-state index in [1.807, 2.05) is 54.6 Å². The van der Waals surface area contributed by atoms with Crippen LogP contribution in [0, 0.1) is 5.92 Å². The largest absolute Gasteiger partial charge is 0.298 e. The molecule has 2 heterocycles. The zero-order chi connectivity index (χ0) is 16.2. The lowest BCUT2D eigenvalue weighted by molar-refractivity contribution is 0.0811. The number of piperidine rings is 1. The Morgan fingerprint density at radius 1 is 1.35 bits per heavy atom. The molecule has 0 spiro atoms. The van der Waals surface area contributed by atoms with Crippen LogP contribution in [0.3, 0.4) is 0 Å². The Kier molecular flexibility index (Phi) is 5.18. The highest BCUT2D eigenvalue weighted by atomic mass is 32.2. The number of carbonyl (C=O) groups is 1. The van der Waals surface area contributed by atoms with Crippen molar-refractivity contribution >= 4 is 17.5 Å². The third-order valence-corrected chi connectivity index (χ3v) is 5.16. The molecule has 1 aliphatic heterocycles. The summed E-state index contributed by atoms with van der Waals surface area (Å²) in [5.74, 6) is 0.397. The molecule has 2 aromatic rings. The van der Waals surface area contributed by atoms with Crippen LogP contribution in [-0.4, -0.2) is 39.8 Å². The van der Waals surface area contributed by atoms with Gasteiger partial charge < -0.3 is 0 Å². The molecule has 0 amide bonds. The van der Waals surface area contributed by atoms with Gasteiger partial charge in [0.1, 0.15) is 0 Å². The molecule has 1 aromatic heterocycles. The van der Waals surface area contributed by atoms with Gasteiger partial charge in [0.2, 0.25) is 0 Å². The summed E-state index contributed by atoms with van der Waals surface area (Å²) in [6.45, 7) is 2.78. The molecule has 0 bridgehead atoms. The van der Waals surface area contributed by atoms with Crippen LogP contribution < -0.4 is 0 Å². The summed E-state index contributed by atoms with van der Waals surface area (Å²) in [6, 6.07) is 8.00. The van der Waals surface area contributed by atoms with E-state index in [1.165, 1.54) is 10.5 Å². The maximum absolute atomic E-state index is 12.8. The van der Waals surface area contributed by atoms with Crippen LogP contribution in [0.4, 0.5) is 0 Å². The number of nitrogens with zero attached hydrogens (tertiary/aromatic N) is 3. The second-order valence-electron chi connectivity index (χ2n) is 6.19. The quantitative estimate of drug-likeness (QED) is 0.623. The first-order valence-electron chi connectivity index (χ1n) is 8.04. The normalized spacial score (nSPS) is 19.0. The van der Waals surface area contributed by atoms with Crippen LogP contribution in [0.25, 0.3) is 0 Å². The first kappa shape index (κ1) is 16.3. The number of benzene rings is 1. The molecule has 1 saturated heterocycles. The number of ketones is 1. The maximum Gasteiger partial charge on any atom is 0.167 e. The van der Waals surface area contributed by atoms with Gasteiger partial charge in [0.15, 0.2) is 5.78 Å². The van der Waals surface area contributed by atoms with Crippen molar-refractivity contribution in [2.45, 2.75) is 24.3 Å². The highest BCUT2D eigenvalue weighted by molar-refractivity contribution is 7.98. The molecule has 1 atom stereocenters. The van der Waals surface area contributed by atoms with Gasteiger partial charge in [-0.25, -0.2) is 0 Å². The minimum Gasteiger partial charge on any atom is -0.298 e. The van der Waals surface area contributed by atoms with Crippen LogP contribution >= 0.6 is 11.8 Å². The van der Waals surface area contributed by atoms with Gasteiger partial charge in [0.25, 0.3) is 0 Å². The van der Waals surface area contributed by atoms with Crippen molar-refractivity contribution in [3.05, 3.63) is 47.8 Å². The summed E-state index contributed by atoms with van der Waals surface area (Å²) in [5, 5.41) is 4.22. The minimum atomic E-state index is 0.112. The van der Waals surface area contributed by atoms with Gasteiger partial charge >= 0.3 is 0 Å². The molecule has 5 heteroatoms. The highest BCUT2D eigenvalue weighted by Crippen LogP contribution is 2.23. The minimum absolute atomic E-state index is 0.112. The Morgan fingerprint density at radius 2 is 2.13 bits per heavy atom. The SMILES string of the molecule is CSc1ccc(C(=O)[C@H]2CCCN(Cc3cnn(C)c3)C2)cc1. The fourth-order valence-corrected chi connectivity index (χ4v) is 3.62. The maximum atomic E-state index is 12.8. The van der Waals surface area contributed by atoms with Crippen LogP contribution in [0.15, 0.2) is 41.6 Å². The van der Waals surface area contributed by atoms with Crippen molar-refractivity contribution in [1.29, 1.82) is 0 Å².